The van der Waals surface area contributed by atoms with Crippen LogP contribution in [0.3, 0.4) is 0 Å². The van der Waals surface area contributed by atoms with E-state index < -0.39 is 0 Å². The number of amides is 3. The zero-order valence-electron chi connectivity index (χ0n) is 18.0. The first-order valence-corrected chi connectivity index (χ1v) is 11.7. The fraction of sp³-hybridized carbons (Fsp3) is 0.583. The molecule has 1 aromatic heterocycles. The molecule has 0 spiro atoms. The maximum absolute atomic E-state index is 13.7. The van der Waals surface area contributed by atoms with Crippen molar-refractivity contribution >= 4 is 22.8 Å². The van der Waals surface area contributed by atoms with E-state index in [9.17, 15) is 14.0 Å². The molecule has 1 aromatic carbocycles. The molecule has 5 rings (SSSR count). The third-order valence-electron chi connectivity index (χ3n) is 7.37. The highest BCUT2D eigenvalue weighted by atomic mass is 19.1. The van der Waals surface area contributed by atoms with Gasteiger partial charge < -0.3 is 14.8 Å². The third-order valence-corrected chi connectivity index (χ3v) is 7.37. The van der Waals surface area contributed by atoms with Crippen LogP contribution in [0.5, 0.6) is 0 Å². The third kappa shape index (κ3) is 4.07. The topological polar surface area (TPSA) is 59.7 Å². The summed E-state index contributed by atoms with van der Waals surface area (Å²) < 4.78 is 13.7. The molecule has 3 aliphatic heterocycles. The number of aromatic amines is 1. The summed E-state index contributed by atoms with van der Waals surface area (Å²) in [7, 11) is 0. The van der Waals surface area contributed by atoms with Crippen LogP contribution >= 0.6 is 0 Å². The summed E-state index contributed by atoms with van der Waals surface area (Å²) in [6, 6.07) is 5.02. The van der Waals surface area contributed by atoms with Crippen molar-refractivity contribution in [2.45, 2.75) is 56.9 Å². The minimum atomic E-state index is -0.184. The summed E-state index contributed by atoms with van der Waals surface area (Å²) in [6.07, 6.45) is 8.52. The molecule has 166 valence electrons. The molecule has 31 heavy (non-hydrogen) atoms. The summed E-state index contributed by atoms with van der Waals surface area (Å²) in [5.41, 5.74) is 2.23. The Morgan fingerprint density at radius 1 is 1.03 bits per heavy atom. The number of H-pyrrole nitrogens is 1. The molecule has 0 saturated carbocycles. The first-order chi connectivity index (χ1) is 15.1. The first kappa shape index (κ1) is 20.5. The number of benzene rings is 1. The number of urea groups is 1. The monoisotopic (exact) mass is 426 g/mol. The molecule has 3 fully saturated rings. The van der Waals surface area contributed by atoms with Crippen LogP contribution in [0.25, 0.3) is 10.9 Å². The van der Waals surface area contributed by atoms with Gasteiger partial charge in [0.15, 0.2) is 0 Å². The molecule has 3 aliphatic rings. The number of aromatic nitrogens is 1. The number of nitrogens with one attached hydrogen (secondary N) is 1. The number of halogens is 1. The number of hydrogen-bond acceptors (Lipinski definition) is 3. The molecular formula is C24H31FN4O2. The molecule has 3 saturated heterocycles. The second-order valence-electron chi connectivity index (χ2n) is 9.28. The number of unbranched alkanes of at least 4 members (excludes halogenated alkanes) is 1. The molecule has 1 atom stereocenters. The van der Waals surface area contributed by atoms with Crippen molar-refractivity contribution in [3.05, 3.63) is 35.8 Å². The van der Waals surface area contributed by atoms with Gasteiger partial charge in [-0.05, 0) is 87.8 Å². The number of piperidine rings is 1. The standard InChI is InChI=1S/C24H31FN4O2/c25-18-5-6-22-20(14-18)21(16-26-22)17-7-12-27(13-8-17)9-1-2-10-29-23(30)15-19-4-3-11-28(19)24(29)31/h5-6,14,16-17,19,26H,1-4,7-13,15H2/t19-/m0/s1. The van der Waals surface area contributed by atoms with Gasteiger partial charge in [-0.2, -0.15) is 0 Å². The van der Waals surface area contributed by atoms with Crippen molar-refractivity contribution in [3.8, 4) is 0 Å². The average Bonchev–Trinajstić information content (AvgIpc) is 3.40. The van der Waals surface area contributed by atoms with E-state index in [4.69, 9.17) is 0 Å². The summed E-state index contributed by atoms with van der Waals surface area (Å²) in [4.78, 5) is 34.0. The van der Waals surface area contributed by atoms with Gasteiger partial charge in [0.05, 0.1) is 0 Å². The molecule has 1 N–H and O–H groups in total. The SMILES string of the molecule is O=C1C[C@@H]2CCCN2C(=O)N1CCCCN1CCC(c2c[nH]c3ccc(F)cc23)CC1. The maximum atomic E-state index is 13.7. The predicted molar refractivity (Wildman–Crippen MR) is 117 cm³/mol. The molecule has 7 heteroatoms. The van der Waals surface area contributed by atoms with E-state index in [1.807, 2.05) is 17.2 Å². The van der Waals surface area contributed by atoms with Crippen LogP contribution in [-0.4, -0.2) is 70.4 Å². The molecule has 3 amide bonds. The van der Waals surface area contributed by atoms with E-state index in [-0.39, 0.29) is 23.8 Å². The van der Waals surface area contributed by atoms with Crippen molar-refractivity contribution in [1.82, 2.24) is 19.7 Å². The summed E-state index contributed by atoms with van der Waals surface area (Å²) in [5.74, 6) is 0.282. The maximum Gasteiger partial charge on any atom is 0.326 e. The zero-order valence-corrected chi connectivity index (χ0v) is 18.0. The lowest BCUT2D eigenvalue weighted by Gasteiger charge is -2.36. The number of likely N-dealkylation sites (tertiary alicyclic amines) is 1. The quantitative estimate of drug-likeness (QED) is 0.708. The van der Waals surface area contributed by atoms with Gasteiger partial charge in [-0.25, -0.2) is 9.18 Å². The van der Waals surface area contributed by atoms with Gasteiger partial charge in [0, 0.05) is 42.7 Å². The first-order valence-electron chi connectivity index (χ1n) is 11.7. The molecule has 0 aliphatic carbocycles. The fourth-order valence-electron chi connectivity index (χ4n) is 5.62. The Bertz CT molecular complexity index is 966. The highest BCUT2D eigenvalue weighted by Crippen LogP contribution is 2.33. The lowest BCUT2D eigenvalue weighted by atomic mass is 9.89. The Balaban J connectivity index is 1.07. The van der Waals surface area contributed by atoms with Gasteiger partial charge in [0.25, 0.3) is 0 Å². The Morgan fingerprint density at radius 2 is 1.84 bits per heavy atom. The van der Waals surface area contributed by atoms with Gasteiger partial charge in [0.1, 0.15) is 5.82 Å². The largest absolute Gasteiger partial charge is 0.361 e. The van der Waals surface area contributed by atoms with Gasteiger partial charge in [-0.3, -0.25) is 9.69 Å². The Morgan fingerprint density at radius 3 is 2.68 bits per heavy atom. The van der Waals surface area contributed by atoms with Crippen molar-refractivity contribution in [1.29, 1.82) is 0 Å². The zero-order chi connectivity index (χ0) is 21.4. The highest BCUT2D eigenvalue weighted by Gasteiger charge is 2.40. The van der Waals surface area contributed by atoms with Gasteiger partial charge in [-0.1, -0.05) is 0 Å². The normalized spacial score (nSPS) is 23.2. The van der Waals surface area contributed by atoms with Crippen LogP contribution in [-0.2, 0) is 4.79 Å². The molecule has 6 nitrogen and oxygen atoms in total. The van der Waals surface area contributed by atoms with Crippen LogP contribution in [0, 0.1) is 5.82 Å². The molecular weight excluding hydrogens is 395 g/mol. The van der Waals surface area contributed by atoms with E-state index in [2.05, 4.69) is 9.88 Å². The van der Waals surface area contributed by atoms with Crippen LogP contribution in [0.1, 0.15) is 56.4 Å². The molecule has 4 heterocycles. The fourth-order valence-corrected chi connectivity index (χ4v) is 5.62. The number of hydrogen-bond donors (Lipinski definition) is 1. The van der Waals surface area contributed by atoms with E-state index in [1.54, 1.807) is 6.07 Å². The van der Waals surface area contributed by atoms with Crippen molar-refractivity contribution in [2.24, 2.45) is 0 Å². The van der Waals surface area contributed by atoms with Crippen molar-refractivity contribution < 1.29 is 14.0 Å². The number of nitrogens with zero attached hydrogens (tertiary/aromatic N) is 3. The number of fused-ring (bicyclic) bond motifs is 2. The van der Waals surface area contributed by atoms with Gasteiger partial charge in [0.2, 0.25) is 5.91 Å². The summed E-state index contributed by atoms with van der Waals surface area (Å²) in [6.45, 7) is 4.40. The van der Waals surface area contributed by atoms with E-state index >= 15 is 0 Å². The van der Waals surface area contributed by atoms with E-state index in [0.29, 0.717) is 18.9 Å². The second-order valence-corrected chi connectivity index (χ2v) is 9.28. The van der Waals surface area contributed by atoms with Crippen molar-refractivity contribution in [2.75, 3.05) is 32.7 Å². The van der Waals surface area contributed by atoms with E-state index in [0.717, 1.165) is 75.6 Å². The Kier molecular flexibility index (Phi) is 5.69. The lowest BCUT2D eigenvalue weighted by molar-refractivity contribution is -0.132. The van der Waals surface area contributed by atoms with Crippen LogP contribution in [0.15, 0.2) is 24.4 Å². The van der Waals surface area contributed by atoms with Crippen molar-refractivity contribution in [3.63, 3.8) is 0 Å². The number of carbonyl (C=O) groups excluding carboxylic acids is 2. The Hall–Kier alpha value is -2.41. The minimum absolute atomic E-state index is 0.00382. The smallest absolute Gasteiger partial charge is 0.326 e. The average molecular weight is 427 g/mol. The molecule has 0 unspecified atom stereocenters. The van der Waals surface area contributed by atoms with Gasteiger partial charge >= 0.3 is 6.03 Å². The van der Waals surface area contributed by atoms with Crippen LogP contribution < -0.4 is 0 Å². The van der Waals surface area contributed by atoms with E-state index in [1.165, 1.54) is 16.5 Å². The molecule has 2 aromatic rings. The van der Waals surface area contributed by atoms with Gasteiger partial charge in [-0.15, -0.1) is 0 Å². The second kappa shape index (κ2) is 8.61. The minimum Gasteiger partial charge on any atom is -0.361 e. The number of carbonyl (C=O) groups is 2. The highest BCUT2D eigenvalue weighted by molar-refractivity contribution is 5.97. The number of imide groups is 1. The summed E-state index contributed by atoms with van der Waals surface area (Å²) >= 11 is 0. The molecule has 0 radical (unpaired) electrons. The molecule has 0 bridgehead atoms. The Labute approximate surface area is 182 Å². The lowest BCUT2D eigenvalue weighted by Crippen LogP contribution is -2.54. The number of rotatable bonds is 6. The van der Waals surface area contributed by atoms with Crippen LogP contribution in [0.4, 0.5) is 9.18 Å². The summed E-state index contributed by atoms with van der Waals surface area (Å²) in [5, 5.41) is 1.01. The predicted octanol–water partition coefficient (Wildman–Crippen LogP) is 4.08. The van der Waals surface area contributed by atoms with Crippen LogP contribution in [0.2, 0.25) is 0 Å².